The first-order valence-corrected chi connectivity index (χ1v) is 20.2. The first kappa shape index (κ1) is 39.1. The average molecular weight is 761 g/mol. The number of carbonyl (C=O) groups excluding carboxylic acids is 1. The minimum Gasteiger partial charge on any atom is -0.508 e. The lowest BCUT2D eigenvalue weighted by molar-refractivity contribution is -0.254. The first-order chi connectivity index (χ1) is 26.9. The Morgan fingerprint density at radius 2 is 1.84 bits per heavy atom. The van der Waals surface area contributed by atoms with E-state index in [1.807, 2.05) is 11.8 Å². The zero-order valence-corrected chi connectivity index (χ0v) is 31.9. The molecule has 1 amide bonds. The predicted molar refractivity (Wildman–Crippen MR) is 205 cm³/mol. The van der Waals surface area contributed by atoms with Gasteiger partial charge in [0, 0.05) is 49.6 Å². The Kier molecular flexibility index (Phi) is 12.7. The van der Waals surface area contributed by atoms with E-state index in [4.69, 9.17) is 33.7 Å². The lowest BCUT2D eigenvalue weighted by Gasteiger charge is -2.60. The third-order valence-electron chi connectivity index (χ3n) is 11.8. The summed E-state index contributed by atoms with van der Waals surface area (Å²) in [5.74, 6) is -0.300. The molecule has 55 heavy (non-hydrogen) atoms. The highest BCUT2D eigenvalue weighted by atomic mass is 16.8. The zero-order chi connectivity index (χ0) is 38.4. The van der Waals surface area contributed by atoms with Crippen molar-refractivity contribution in [3.63, 3.8) is 0 Å². The molecule has 298 valence electrons. The number of allylic oxidation sites excluding steroid dienone is 1. The monoisotopic (exact) mass is 760 g/mol. The molecule has 3 heterocycles. The van der Waals surface area contributed by atoms with Gasteiger partial charge in [-0.1, -0.05) is 37.1 Å². The molecule has 3 aliphatic heterocycles. The second kappa shape index (κ2) is 17.8. The Bertz CT molecular complexity index is 1720. The molecule has 2 fully saturated rings. The van der Waals surface area contributed by atoms with Gasteiger partial charge in [0.2, 0.25) is 18.9 Å². The minimum absolute atomic E-state index is 0.0573. The highest BCUT2D eigenvalue weighted by Gasteiger charge is 2.65. The molecule has 1 saturated heterocycles. The fraction of sp³-hybridized carbons (Fsp3) is 0.581. The van der Waals surface area contributed by atoms with E-state index in [1.54, 1.807) is 42.5 Å². The molecule has 0 spiro atoms. The van der Waals surface area contributed by atoms with Crippen LogP contribution < -0.4 is 14.2 Å². The van der Waals surface area contributed by atoms with Crippen molar-refractivity contribution in [3.8, 4) is 23.0 Å². The molecule has 1 unspecified atom stereocenters. The Morgan fingerprint density at radius 1 is 1.04 bits per heavy atom. The van der Waals surface area contributed by atoms with Crippen LogP contribution in [0.2, 0.25) is 0 Å². The van der Waals surface area contributed by atoms with Crippen LogP contribution in [0.5, 0.6) is 23.0 Å². The van der Waals surface area contributed by atoms with E-state index in [1.165, 1.54) is 0 Å². The first-order valence-electron chi connectivity index (χ1n) is 20.2. The molecule has 12 nitrogen and oxygen atoms in total. The number of aromatic hydroxyl groups is 1. The van der Waals surface area contributed by atoms with Gasteiger partial charge in [0.05, 0.1) is 24.8 Å². The number of unbranched alkanes of at least 4 members (excludes halogenated alkanes) is 2. The normalized spacial score (nSPS) is 28.4. The van der Waals surface area contributed by atoms with Gasteiger partial charge < -0.3 is 48.7 Å². The van der Waals surface area contributed by atoms with E-state index in [-0.39, 0.29) is 62.4 Å². The largest absolute Gasteiger partial charge is 0.508 e. The van der Waals surface area contributed by atoms with Crippen LogP contribution in [-0.2, 0) is 14.3 Å². The van der Waals surface area contributed by atoms with Gasteiger partial charge in [0.15, 0.2) is 11.5 Å². The van der Waals surface area contributed by atoms with E-state index in [0.29, 0.717) is 60.9 Å². The van der Waals surface area contributed by atoms with Crippen molar-refractivity contribution in [2.45, 2.75) is 102 Å². The maximum absolute atomic E-state index is 14.9. The molecule has 2 aromatic rings. The highest BCUT2D eigenvalue weighted by molar-refractivity contribution is 6.03. The lowest BCUT2D eigenvalue weighted by atomic mass is 9.55. The molecule has 12 heteroatoms. The van der Waals surface area contributed by atoms with Crippen LogP contribution in [0.25, 0.3) is 0 Å². The molecule has 2 aromatic carbocycles. The van der Waals surface area contributed by atoms with Crippen LogP contribution in [-0.4, -0.2) is 89.7 Å². The number of fused-ring (bicyclic) bond motifs is 3. The summed E-state index contributed by atoms with van der Waals surface area (Å²) in [6, 6.07) is 9.82. The number of carbonyl (C=O) groups is 1. The third-order valence-corrected chi connectivity index (χ3v) is 11.8. The molecule has 7 rings (SSSR count). The molecule has 1 saturated carbocycles. The van der Waals surface area contributed by atoms with Crippen molar-refractivity contribution >= 4 is 11.6 Å². The van der Waals surface area contributed by atoms with Crippen molar-refractivity contribution < 1.29 is 48.6 Å². The standard InChI is InChI=1S/C43H56N2O10/c1-3-18-45(42(49)29-14-16-36-37(24-29)52-27-51-36)38-26-34(44-55-39-13-7-10-22-50-39)32-23-28(11-5-8-19-46)31(12-6-9-20-47)40-33-25-30(48)15-17-35(33)54-43(38,41(32)40)53-21-4-2/h4,14-17,23-25,28,31,38-41,46-48H,2-3,5-13,18-22,26-27H2,1H3/t28-,31+,38-,39?,40+,41+,43+/m0/s1. The van der Waals surface area contributed by atoms with Crippen molar-refractivity contribution in [1.82, 2.24) is 4.90 Å². The van der Waals surface area contributed by atoms with Crippen molar-refractivity contribution in [2.75, 3.05) is 39.8 Å². The molecule has 7 atom stereocenters. The van der Waals surface area contributed by atoms with Crippen LogP contribution in [0.1, 0.15) is 99.4 Å². The van der Waals surface area contributed by atoms with E-state index in [2.05, 4.69) is 12.7 Å². The second-order valence-corrected chi connectivity index (χ2v) is 15.3. The Morgan fingerprint density at radius 3 is 2.60 bits per heavy atom. The maximum Gasteiger partial charge on any atom is 0.254 e. The zero-order valence-electron chi connectivity index (χ0n) is 31.9. The number of nitrogens with zero attached hydrogens (tertiary/aromatic N) is 2. The van der Waals surface area contributed by atoms with E-state index < -0.39 is 24.0 Å². The summed E-state index contributed by atoms with van der Waals surface area (Å²) in [6.07, 6.45) is 11.8. The minimum atomic E-state index is -1.39. The number of rotatable bonds is 17. The van der Waals surface area contributed by atoms with Gasteiger partial charge in [-0.3, -0.25) is 4.79 Å². The number of ether oxygens (including phenoxy) is 5. The smallest absolute Gasteiger partial charge is 0.254 e. The van der Waals surface area contributed by atoms with Crippen LogP contribution in [0.15, 0.2) is 65.9 Å². The van der Waals surface area contributed by atoms with E-state index in [0.717, 1.165) is 56.1 Å². The summed E-state index contributed by atoms with van der Waals surface area (Å²) in [5.41, 5.74) is 2.97. The topological polar surface area (TPSA) is 149 Å². The molecule has 2 aliphatic carbocycles. The van der Waals surface area contributed by atoms with Gasteiger partial charge in [0.1, 0.15) is 17.5 Å². The summed E-state index contributed by atoms with van der Waals surface area (Å²) in [7, 11) is 0. The van der Waals surface area contributed by atoms with Gasteiger partial charge in [0.25, 0.3) is 5.91 Å². The van der Waals surface area contributed by atoms with Crippen LogP contribution in [0.4, 0.5) is 0 Å². The number of oxime groups is 1. The van der Waals surface area contributed by atoms with Crippen LogP contribution in [0, 0.1) is 17.8 Å². The van der Waals surface area contributed by atoms with E-state index in [9.17, 15) is 20.1 Å². The third kappa shape index (κ3) is 7.96. The number of benzene rings is 2. The summed E-state index contributed by atoms with van der Waals surface area (Å²) in [6.45, 7) is 7.53. The number of aliphatic hydroxyl groups excluding tert-OH is 2. The van der Waals surface area contributed by atoms with Crippen molar-refractivity contribution in [2.24, 2.45) is 22.9 Å². The molecule has 3 N–H and O–H groups in total. The Labute approximate surface area is 323 Å². The van der Waals surface area contributed by atoms with Gasteiger partial charge in [-0.05, 0) is 98.8 Å². The van der Waals surface area contributed by atoms with Crippen LogP contribution >= 0.6 is 0 Å². The number of hydrogen-bond donors (Lipinski definition) is 3. The molecular weight excluding hydrogens is 704 g/mol. The number of phenolic OH excluding ortho intramolecular Hbond substituents is 1. The van der Waals surface area contributed by atoms with Crippen molar-refractivity contribution in [3.05, 3.63) is 71.8 Å². The molecular formula is C43H56N2O10. The van der Waals surface area contributed by atoms with Gasteiger partial charge in [-0.15, -0.1) is 6.58 Å². The summed E-state index contributed by atoms with van der Waals surface area (Å²) in [5, 5.41) is 35.5. The van der Waals surface area contributed by atoms with Gasteiger partial charge in [-0.2, -0.15) is 0 Å². The average Bonchev–Trinajstić information content (AvgIpc) is 3.68. The highest BCUT2D eigenvalue weighted by Crippen LogP contribution is 2.62. The predicted octanol–water partition coefficient (Wildman–Crippen LogP) is 6.83. The molecule has 0 bridgehead atoms. The van der Waals surface area contributed by atoms with Crippen molar-refractivity contribution in [1.29, 1.82) is 0 Å². The quantitative estimate of drug-likeness (QED) is 0.0890. The SMILES string of the molecule is C=CCO[C@@]12Oc3ccc(O)cc3[C@H]3[C@H](CCCCO)[C@@H](CCCCO)C=C(C(=NOC4CCCCO4)C[C@@H]1N(CCC)C(=O)c1ccc4c(c1)OCO4)[C@H]32. The fourth-order valence-electron chi connectivity index (χ4n) is 9.41. The van der Waals surface area contributed by atoms with Gasteiger partial charge in [-0.25, -0.2) is 0 Å². The summed E-state index contributed by atoms with van der Waals surface area (Å²) < 4.78 is 31.4. The lowest BCUT2D eigenvalue weighted by Crippen LogP contribution is -2.70. The number of hydrogen-bond acceptors (Lipinski definition) is 11. The Balaban J connectivity index is 1.42. The van der Waals surface area contributed by atoms with E-state index >= 15 is 0 Å². The maximum atomic E-state index is 14.9. The molecule has 5 aliphatic rings. The number of phenols is 1. The molecule has 0 aromatic heterocycles. The second-order valence-electron chi connectivity index (χ2n) is 15.3. The summed E-state index contributed by atoms with van der Waals surface area (Å²) >= 11 is 0. The van der Waals surface area contributed by atoms with Crippen LogP contribution in [0.3, 0.4) is 0 Å². The van der Waals surface area contributed by atoms with Gasteiger partial charge >= 0.3 is 0 Å². The number of amides is 1. The number of aliphatic hydroxyl groups is 2. The summed E-state index contributed by atoms with van der Waals surface area (Å²) in [4.78, 5) is 23.0. The fourth-order valence-corrected chi connectivity index (χ4v) is 9.41. The Hall–Kier alpha value is -4.10. The molecule has 0 radical (unpaired) electrons.